The standard InChI is InChI=1S/C11H18IN5/c1-16-3-4-17(2)9(7-16)5-14-11-10(12)6-13-8-15-11/h6,8-9H,3-5,7H2,1-2H3,(H,13,14,15). The highest BCUT2D eigenvalue weighted by Crippen LogP contribution is 2.13. The molecule has 1 saturated heterocycles. The molecule has 2 heterocycles. The van der Waals surface area contributed by atoms with Crippen LogP contribution in [0, 0.1) is 3.57 Å². The zero-order valence-electron chi connectivity index (χ0n) is 10.2. The lowest BCUT2D eigenvalue weighted by Gasteiger charge is -2.37. The molecule has 1 unspecified atom stereocenters. The summed E-state index contributed by atoms with van der Waals surface area (Å²) in [5.74, 6) is 0.933. The Morgan fingerprint density at radius 3 is 3.06 bits per heavy atom. The lowest BCUT2D eigenvalue weighted by atomic mass is 10.2. The summed E-state index contributed by atoms with van der Waals surface area (Å²) in [6, 6.07) is 0.541. The summed E-state index contributed by atoms with van der Waals surface area (Å²) in [5, 5.41) is 3.41. The molecule has 0 aliphatic carbocycles. The average molecular weight is 347 g/mol. The summed E-state index contributed by atoms with van der Waals surface area (Å²) >= 11 is 2.25. The molecule has 5 nitrogen and oxygen atoms in total. The fourth-order valence-corrected chi connectivity index (χ4v) is 2.47. The first-order chi connectivity index (χ1) is 8.16. The monoisotopic (exact) mass is 347 g/mol. The van der Waals surface area contributed by atoms with Gasteiger partial charge in [-0.25, -0.2) is 9.97 Å². The third-order valence-corrected chi connectivity index (χ3v) is 3.94. The summed E-state index contributed by atoms with van der Waals surface area (Å²) in [4.78, 5) is 13.0. The highest BCUT2D eigenvalue weighted by molar-refractivity contribution is 14.1. The van der Waals surface area contributed by atoms with Crippen LogP contribution in [0.25, 0.3) is 0 Å². The number of aromatic nitrogens is 2. The number of rotatable bonds is 3. The maximum Gasteiger partial charge on any atom is 0.142 e. The van der Waals surface area contributed by atoms with E-state index in [9.17, 15) is 0 Å². The van der Waals surface area contributed by atoms with Gasteiger partial charge in [0, 0.05) is 38.4 Å². The quantitative estimate of drug-likeness (QED) is 0.818. The zero-order valence-corrected chi connectivity index (χ0v) is 12.4. The lowest BCUT2D eigenvalue weighted by Crippen LogP contribution is -2.52. The molecule has 0 aromatic carbocycles. The van der Waals surface area contributed by atoms with Crippen LogP contribution in [0.3, 0.4) is 0 Å². The van der Waals surface area contributed by atoms with Crippen LogP contribution in [-0.2, 0) is 0 Å². The molecule has 1 aliphatic heterocycles. The van der Waals surface area contributed by atoms with Gasteiger partial charge < -0.3 is 10.2 Å². The van der Waals surface area contributed by atoms with E-state index in [0.29, 0.717) is 6.04 Å². The first kappa shape index (κ1) is 13.0. The van der Waals surface area contributed by atoms with E-state index < -0.39 is 0 Å². The maximum absolute atomic E-state index is 4.24. The van der Waals surface area contributed by atoms with Crippen molar-refractivity contribution in [3.8, 4) is 0 Å². The van der Waals surface area contributed by atoms with Gasteiger partial charge in [-0.2, -0.15) is 0 Å². The van der Waals surface area contributed by atoms with E-state index in [-0.39, 0.29) is 0 Å². The smallest absolute Gasteiger partial charge is 0.142 e. The highest BCUT2D eigenvalue weighted by Gasteiger charge is 2.21. The van der Waals surface area contributed by atoms with Crippen molar-refractivity contribution < 1.29 is 0 Å². The van der Waals surface area contributed by atoms with Gasteiger partial charge in [0.2, 0.25) is 0 Å². The van der Waals surface area contributed by atoms with Crippen LogP contribution in [-0.4, -0.2) is 66.1 Å². The largest absolute Gasteiger partial charge is 0.367 e. The molecule has 94 valence electrons. The Balaban J connectivity index is 1.91. The van der Waals surface area contributed by atoms with Gasteiger partial charge in [-0.05, 0) is 36.7 Å². The summed E-state index contributed by atoms with van der Waals surface area (Å²) in [7, 11) is 4.36. The summed E-state index contributed by atoms with van der Waals surface area (Å²) in [6.45, 7) is 4.31. The number of nitrogens with one attached hydrogen (secondary N) is 1. The summed E-state index contributed by atoms with van der Waals surface area (Å²) in [6.07, 6.45) is 3.41. The molecule has 1 aromatic heterocycles. The zero-order chi connectivity index (χ0) is 12.3. The van der Waals surface area contributed by atoms with E-state index in [1.54, 1.807) is 6.33 Å². The molecule has 1 N–H and O–H groups in total. The first-order valence-electron chi connectivity index (χ1n) is 5.75. The number of halogens is 1. The van der Waals surface area contributed by atoms with Crippen LogP contribution < -0.4 is 5.32 Å². The van der Waals surface area contributed by atoms with Gasteiger partial charge in [0.15, 0.2) is 0 Å². The van der Waals surface area contributed by atoms with E-state index in [1.165, 1.54) is 0 Å². The minimum atomic E-state index is 0.541. The van der Waals surface area contributed by atoms with Gasteiger partial charge in [-0.1, -0.05) is 0 Å². The predicted molar refractivity (Wildman–Crippen MR) is 77.2 cm³/mol. The molecule has 1 aromatic rings. The van der Waals surface area contributed by atoms with Crippen molar-refractivity contribution >= 4 is 28.4 Å². The Bertz CT molecular complexity index is 373. The maximum atomic E-state index is 4.24. The minimum absolute atomic E-state index is 0.541. The molecule has 2 rings (SSSR count). The topological polar surface area (TPSA) is 44.3 Å². The molecule has 6 heteroatoms. The van der Waals surface area contributed by atoms with Crippen molar-refractivity contribution in [1.29, 1.82) is 0 Å². The molecule has 1 atom stereocenters. The normalized spacial score (nSPS) is 22.6. The lowest BCUT2D eigenvalue weighted by molar-refractivity contribution is 0.122. The van der Waals surface area contributed by atoms with Crippen LogP contribution in [0.1, 0.15) is 0 Å². The number of likely N-dealkylation sites (N-methyl/N-ethyl adjacent to an activating group) is 2. The van der Waals surface area contributed by atoms with E-state index in [2.05, 4.69) is 61.8 Å². The van der Waals surface area contributed by atoms with Gasteiger partial charge in [0.1, 0.15) is 12.1 Å². The van der Waals surface area contributed by atoms with Gasteiger partial charge >= 0.3 is 0 Å². The van der Waals surface area contributed by atoms with E-state index in [1.807, 2.05) is 6.20 Å². The molecule has 0 spiro atoms. The van der Waals surface area contributed by atoms with Crippen LogP contribution in [0.2, 0.25) is 0 Å². The predicted octanol–water partition coefficient (Wildman–Crippen LogP) is 0.739. The molecule has 1 fully saturated rings. The Morgan fingerprint density at radius 1 is 1.47 bits per heavy atom. The third-order valence-electron chi connectivity index (χ3n) is 3.15. The van der Waals surface area contributed by atoms with Gasteiger partial charge in [0.05, 0.1) is 3.57 Å². The fourth-order valence-electron chi connectivity index (χ4n) is 1.98. The highest BCUT2D eigenvalue weighted by atomic mass is 127. The Hall–Kier alpha value is -0.470. The summed E-state index contributed by atoms with van der Waals surface area (Å²) in [5.41, 5.74) is 0. The average Bonchev–Trinajstić information content (AvgIpc) is 2.32. The van der Waals surface area contributed by atoms with Crippen molar-refractivity contribution in [2.75, 3.05) is 45.6 Å². The number of piperazine rings is 1. The third kappa shape index (κ3) is 3.49. The van der Waals surface area contributed by atoms with Crippen molar-refractivity contribution in [3.05, 3.63) is 16.1 Å². The Morgan fingerprint density at radius 2 is 2.29 bits per heavy atom. The van der Waals surface area contributed by atoms with Crippen LogP contribution in [0.5, 0.6) is 0 Å². The van der Waals surface area contributed by atoms with Crippen LogP contribution in [0.15, 0.2) is 12.5 Å². The Kier molecular flexibility index (Phi) is 4.52. The van der Waals surface area contributed by atoms with E-state index in [4.69, 9.17) is 0 Å². The molecule has 0 radical (unpaired) electrons. The minimum Gasteiger partial charge on any atom is -0.367 e. The Labute approximate surface area is 116 Å². The second-order valence-corrected chi connectivity index (χ2v) is 5.66. The fraction of sp³-hybridized carbons (Fsp3) is 0.636. The van der Waals surface area contributed by atoms with E-state index in [0.717, 1.165) is 35.6 Å². The van der Waals surface area contributed by atoms with Crippen molar-refractivity contribution in [2.24, 2.45) is 0 Å². The van der Waals surface area contributed by atoms with Crippen molar-refractivity contribution in [1.82, 2.24) is 19.8 Å². The van der Waals surface area contributed by atoms with Gasteiger partial charge in [-0.3, -0.25) is 4.90 Å². The van der Waals surface area contributed by atoms with E-state index >= 15 is 0 Å². The van der Waals surface area contributed by atoms with Gasteiger partial charge in [0.25, 0.3) is 0 Å². The number of hydrogen-bond acceptors (Lipinski definition) is 5. The molecule has 1 aliphatic rings. The number of nitrogens with zero attached hydrogens (tertiary/aromatic N) is 4. The molecular formula is C11H18IN5. The summed E-state index contributed by atoms with van der Waals surface area (Å²) < 4.78 is 1.07. The molecule has 17 heavy (non-hydrogen) atoms. The van der Waals surface area contributed by atoms with Crippen molar-refractivity contribution in [2.45, 2.75) is 6.04 Å². The molecule has 0 saturated carbocycles. The molecule has 0 amide bonds. The number of hydrogen-bond donors (Lipinski definition) is 1. The van der Waals surface area contributed by atoms with Crippen molar-refractivity contribution in [3.63, 3.8) is 0 Å². The number of anilines is 1. The SMILES string of the molecule is CN1CCN(C)C(CNc2ncncc2I)C1. The van der Waals surface area contributed by atoms with Gasteiger partial charge in [-0.15, -0.1) is 0 Å². The van der Waals surface area contributed by atoms with Crippen LogP contribution in [0.4, 0.5) is 5.82 Å². The van der Waals surface area contributed by atoms with Crippen LogP contribution >= 0.6 is 22.6 Å². The second kappa shape index (κ2) is 5.92. The second-order valence-electron chi connectivity index (χ2n) is 4.50. The molecule has 0 bridgehead atoms. The molecular weight excluding hydrogens is 329 g/mol. The first-order valence-corrected chi connectivity index (χ1v) is 6.83.